The molecule has 2 heterocycles. The summed E-state index contributed by atoms with van der Waals surface area (Å²) in [7, 11) is 1.69. The molecule has 0 spiro atoms. The second kappa shape index (κ2) is 12.0. The molecule has 3 rings (SSSR count). The van der Waals surface area contributed by atoms with Gasteiger partial charge in [0.1, 0.15) is 11.6 Å². The van der Waals surface area contributed by atoms with E-state index in [0.29, 0.717) is 42.7 Å². The molecule has 1 aromatic carbocycles. The van der Waals surface area contributed by atoms with E-state index in [-0.39, 0.29) is 35.9 Å². The van der Waals surface area contributed by atoms with Crippen LogP contribution in [0.2, 0.25) is 0 Å². The fourth-order valence-corrected chi connectivity index (χ4v) is 3.85. The summed E-state index contributed by atoms with van der Waals surface area (Å²) in [5.41, 5.74) is 0.417. The van der Waals surface area contributed by atoms with Gasteiger partial charge in [-0.15, -0.1) is 35.3 Å². The van der Waals surface area contributed by atoms with Crippen molar-refractivity contribution in [2.75, 3.05) is 38.1 Å². The minimum Gasteiger partial charge on any atom is -0.367 e. The van der Waals surface area contributed by atoms with Crippen LogP contribution in [0.4, 0.5) is 14.5 Å². The standard InChI is InChI=1S/C20H25F2N5OS.HI/c1-23-20(25-9-3-8-24-19(28)18-4-2-11-29-18)26-15-7-10-27(13-15)17-6-5-14(21)12-16(17)22;/h2,4-6,11-12,15H,3,7-10,13H2,1H3,(H,24,28)(H2,23,25,26);1H. The SMILES string of the molecule is CN=C(NCCCNC(=O)c1cccs1)NC1CCN(c2ccc(F)cc2F)C1.I. The number of thiophene rings is 1. The van der Waals surface area contributed by atoms with Crippen LogP contribution in [0.5, 0.6) is 0 Å². The maximum absolute atomic E-state index is 14.0. The first-order valence-electron chi connectivity index (χ1n) is 9.55. The van der Waals surface area contributed by atoms with Crippen LogP contribution in [-0.2, 0) is 0 Å². The molecule has 1 aromatic heterocycles. The van der Waals surface area contributed by atoms with Gasteiger partial charge in [0.05, 0.1) is 10.6 Å². The zero-order chi connectivity index (χ0) is 20.6. The van der Waals surface area contributed by atoms with Gasteiger partial charge in [-0.3, -0.25) is 9.79 Å². The second-order valence-electron chi connectivity index (χ2n) is 6.76. The van der Waals surface area contributed by atoms with Crippen LogP contribution in [0.3, 0.4) is 0 Å². The summed E-state index contributed by atoms with van der Waals surface area (Å²) in [5, 5.41) is 11.3. The summed E-state index contributed by atoms with van der Waals surface area (Å²) in [4.78, 5) is 18.7. The third kappa shape index (κ3) is 6.79. The van der Waals surface area contributed by atoms with Crippen molar-refractivity contribution in [2.24, 2.45) is 4.99 Å². The normalized spacial score (nSPS) is 16.2. The predicted octanol–water partition coefficient (Wildman–Crippen LogP) is 3.21. The Morgan fingerprint density at radius 1 is 1.27 bits per heavy atom. The molecule has 10 heteroatoms. The number of guanidine groups is 1. The Bertz CT molecular complexity index is 850. The van der Waals surface area contributed by atoms with E-state index in [9.17, 15) is 13.6 Å². The minimum absolute atomic E-state index is 0. The molecule has 1 amide bonds. The van der Waals surface area contributed by atoms with Crippen LogP contribution in [-0.4, -0.2) is 51.1 Å². The number of carbonyl (C=O) groups is 1. The lowest BCUT2D eigenvalue weighted by Gasteiger charge is -2.21. The summed E-state index contributed by atoms with van der Waals surface area (Å²) in [6.45, 7) is 2.53. The molecule has 30 heavy (non-hydrogen) atoms. The summed E-state index contributed by atoms with van der Waals surface area (Å²) in [6.07, 6.45) is 1.59. The molecular weight excluding hydrogens is 523 g/mol. The highest BCUT2D eigenvalue weighted by molar-refractivity contribution is 14.0. The molecule has 1 atom stereocenters. The van der Waals surface area contributed by atoms with E-state index in [1.165, 1.54) is 23.5 Å². The van der Waals surface area contributed by atoms with E-state index in [1.807, 2.05) is 16.3 Å². The van der Waals surface area contributed by atoms with Crippen LogP contribution in [0.25, 0.3) is 0 Å². The minimum atomic E-state index is -0.573. The van der Waals surface area contributed by atoms with Gasteiger partial charge in [-0.2, -0.15) is 0 Å². The number of benzene rings is 1. The van der Waals surface area contributed by atoms with E-state index >= 15 is 0 Å². The van der Waals surface area contributed by atoms with Crippen molar-refractivity contribution in [1.82, 2.24) is 16.0 Å². The summed E-state index contributed by atoms with van der Waals surface area (Å²) >= 11 is 1.42. The van der Waals surface area contributed by atoms with Crippen molar-refractivity contribution in [3.63, 3.8) is 0 Å². The third-order valence-electron chi connectivity index (χ3n) is 4.68. The quantitative estimate of drug-likeness (QED) is 0.215. The van der Waals surface area contributed by atoms with Gasteiger partial charge < -0.3 is 20.9 Å². The van der Waals surface area contributed by atoms with Crippen molar-refractivity contribution < 1.29 is 13.6 Å². The summed E-state index contributed by atoms with van der Waals surface area (Å²) in [5.74, 6) is -0.503. The molecular formula is C20H26F2IN5OS. The fourth-order valence-electron chi connectivity index (χ4n) is 3.21. The lowest BCUT2D eigenvalue weighted by atomic mass is 10.2. The number of nitrogens with one attached hydrogen (secondary N) is 3. The van der Waals surface area contributed by atoms with Crippen LogP contribution < -0.4 is 20.9 Å². The van der Waals surface area contributed by atoms with Crippen molar-refractivity contribution in [3.8, 4) is 0 Å². The van der Waals surface area contributed by atoms with Crippen molar-refractivity contribution >= 4 is 52.9 Å². The Labute approximate surface area is 196 Å². The molecule has 2 aromatic rings. The van der Waals surface area contributed by atoms with Crippen LogP contribution in [0.1, 0.15) is 22.5 Å². The summed E-state index contributed by atoms with van der Waals surface area (Å²) < 4.78 is 27.1. The number of nitrogens with zero attached hydrogens (tertiary/aromatic N) is 2. The maximum Gasteiger partial charge on any atom is 0.261 e. The highest BCUT2D eigenvalue weighted by atomic mass is 127. The third-order valence-corrected chi connectivity index (χ3v) is 5.55. The van der Waals surface area contributed by atoms with Crippen LogP contribution >= 0.6 is 35.3 Å². The largest absolute Gasteiger partial charge is 0.367 e. The average Bonchev–Trinajstić information content (AvgIpc) is 3.39. The molecule has 1 aliphatic rings. The first-order chi connectivity index (χ1) is 14.1. The molecule has 0 aliphatic carbocycles. The van der Waals surface area contributed by atoms with E-state index < -0.39 is 11.6 Å². The van der Waals surface area contributed by atoms with Crippen LogP contribution in [0, 0.1) is 11.6 Å². The Morgan fingerprint density at radius 2 is 2.07 bits per heavy atom. The Hall–Kier alpha value is -1.95. The van der Waals surface area contributed by atoms with Gasteiger partial charge in [0.15, 0.2) is 5.96 Å². The number of amides is 1. The molecule has 3 N–H and O–H groups in total. The smallest absolute Gasteiger partial charge is 0.261 e. The molecule has 1 saturated heterocycles. The zero-order valence-electron chi connectivity index (χ0n) is 16.7. The molecule has 6 nitrogen and oxygen atoms in total. The highest BCUT2D eigenvalue weighted by Gasteiger charge is 2.25. The Balaban J connectivity index is 0.00000320. The van der Waals surface area contributed by atoms with Crippen molar-refractivity contribution in [3.05, 3.63) is 52.2 Å². The van der Waals surface area contributed by atoms with Crippen LogP contribution in [0.15, 0.2) is 40.7 Å². The topological polar surface area (TPSA) is 68.8 Å². The van der Waals surface area contributed by atoms with Gasteiger partial charge in [0.25, 0.3) is 5.91 Å². The molecule has 1 fully saturated rings. The second-order valence-corrected chi connectivity index (χ2v) is 7.71. The molecule has 0 saturated carbocycles. The zero-order valence-corrected chi connectivity index (χ0v) is 19.8. The van der Waals surface area contributed by atoms with E-state index in [2.05, 4.69) is 20.9 Å². The molecule has 1 aliphatic heterocycles. The molecule has 0 radical (unpaired) electrons. The monoisotopic (exact) mass is 549 g/mol. The van der Waals surface area contributed by atoms with E-state index in [4.69, 9.17) is 0 Å². The number of anilines is 1. The van der Waals surface area contributed by atoms with E-state index in [1.54, 1.807) is 13.1 Å². The van der Waals surface area contributed by atoms with Crippen molar-refractivity contribution in [1.29, 1.82) is 0 Å². The van der Waals surface area contributed by atoms with Gasteiger partial charge in [-0.25, -0.2) is 8.78 Å². The number of hydrogen-bond donors (Lipinski definition) is 3. The number of carbonyl (C=O) groups excluding carboxylic acids is 1. The Morgan fingerprint density at radius 3 is 2.77 bits per heavy atom. The predicted molar refractivity (Wildman–Crippen MR) is 128 cm³/mol. The number of aliphatic imine (C=N–C) groups is 1. The van der Waals surface area contributed by atoms with Gasteiger partial charge in [-0.05, 0) is 36.4 Å². The maximum atomic E-state index is 14.0. The molecule has 164 valence electrons. The first kappa shape index (κ1) is 24.3. The van der Waals surface area contributed by atoms with Gasteiger partial charge in [0, 0.05) is 45.3 Å². The summed E-state index contributed by atoms with van der Waals surface area (Å²) in [6, 6.07) is 7.43. The highest BCUT2D eigenvalue weighted by Crippen LogP contribution is 2.24. The van der Waals surface area contributed by atoms with Gasteiger partial charge in [0.2, 0.25) is 0 Å². The lowest BCUT2D eigenvalue weighted by Crippen LogP contribution is -2.45. The first-order valence-corrected chi connectivity index (χ1v) is 10.4. The molecule has 0 bridgehead atoms. The van der Waals surface area contributed by atoms with E-state index in [0.717, 1.165) is 18.9 Å². The van der Waals surface area contributed by atoms with Gasteiger partial charge in [-0.1, -0.05) is 6.07 Å². The number of hydrogen-bond acceptors (Lipinski definition) is 4. The number of halogens is 3. The average molecular weight is 549 g/mol. The van der Waals surface area contributed by atoms with Gasteiger partial charge >= 0.3 is 0 Å². The lowest BCUT2D eigenvalue weighted by molar-refractivity contribution is 0.0957. The molecule has 1 unspecified atom stereocenters. The Kier molecular flexibility index (Phi) is 9.76. The number of rotatable bonds is 7. The van der Waals surface area contributed by atoms with Crippen molar-refractivity contribution in [2.45, 2.75) is 18.9 Å². The fraction of sp³-hybridized carbons (Fsp3) is 0.400.